The van der Waals surface area contributed by atoms with E-state index in [1.165, 1.54) is 13.2 Å². The lowest BCUT2D eigenvalue weighted by atomic mass is 10.1. The maximum absolute atomic E-state index is 11.2. The van der Waals surface area contributed by atoms with Crippen LogP contribution >= 0.6 is 0 Å². The van der Waals surface area contributed by atoms with Crippen LogP contribution in [0.15, 0.2) is 12.2 Å². The highest BCUT2D eigenvalue weighted by Crippen LogP contribution is 2.06. The van der Waals surface area contributed by atoms with Crippen LogP contribution in [0.2, 0.25) is 0 Å². The number of aliphatic hydroxyl groups is 2. The van der Waals surface area contributed by atoms with Crippen LogP contribution in [0.5, 0.6) is 0 Å². The molecule has 0 aromatic heterocycles. The van der Waals surface area contributed by atoms with Crippen molar-refractivity contribution in [1.29, 1.82) is 0 Å². The Morgan fingerprint density at radius 2 is 1.90 bits per heavy atom. The second-order valence-electron chi connectivity index (χ2n) is 4.40. The number of carbonyl (C=O) groups is 2. The van der Waals surface area contributed by atoms with Crippen molar-refractivity contribution < 1.29 is 29.3 Å². The van der Waals surface area contributed by atoms with Crippen molar-refractivity contribution in [3.05, 3.63) is 12.2 Å². The molecule has 0 rings (SSSR count). The average molecular weight is 288 g/mol. The third kappa shape index (κ3) is 11.7. The van der Waals surface area contributed by atoms with Crippen LogP contribution in [-0.2, 0) is 19.1 Å². The zero-order valence-corrected chi connectivity index (χ0v) is 11.9. The van der Waals surface area contributed by atoms with Crippen LogP contribution in [0.4, 0.5) is 0 Å². The van der Waals surface area contributed by atoms with Crippen LogP contribution in [0.25, 0.3) is 0 Å². The molecule has 2 N–H and O–H groups in total. The highest BCUT2D eigenvalue weighted by molar-refractivity contribution is 5.81. The number of esters is 2. The van der Waals surface area contributed by atoms with Crippen LogP contribution < -0.4 is 0 Å². The molecule has 0 radical (unpaired) electrons. The number of carbonyl (C=O) groups excluding carboxylic acids is 2. The molecule has 0 aromatic carbocycles. The molecule has 0 fully saturated rings. The number of methoxy groups -OCH3 is 1. The zero-order chi connectivity index (χ0) is 15.2. The summed E-state index contributed by atoms with van der Waals surface area (Å²) in [6.07, 6.45) is 6.91. The Bertz CT molecular complexity index is 300. The average Bonchev–Trinajstić information content (AvgIpc) is 2.46. The molecule has 1 unspecified atom stereocenters. The van der Waals surface area contributed by atoms with E-state index in [9.17, 15) is 9.59 Å². The van der Waals surface area contributed by atoms with Gasteiger partial charge in [-0.2, -0.15) is 0 Å². The third-order valence-corrected chi connectivity index (χ3v) is 2.61. The van der Waals surface area contributed by atoms with Gasteiger partial charge in [0.1, 0.15) is 12.7 Å². The molecule has 6 heteroatoms. The van der Waals surface area contributed by atoms with Gasteiger partial charge in [0.15, 0.2) is 0 Å². The van der Waals surface area contributed by atoms with E-state index >= 15 is 0 Å². The van der Waals surface area contributed by atoms with Gasteiger partial charge in [0.2, 0.25) is 0 Å². The molecule has 0 heterocycles. The SMILES string of the molecule is COC(=O)CCCCCCC=CC(=O)OCC(O)CO. The summed E-state index contributed by atoms with van der Waals surface area (Å²) in [5, 5.41) is 17.5. The molecule has 0 aliphatic heterocycles. The maximum Gasteiger partial charge on any atom is 0.330 e. The number of hydrogen-bond donors (Lipinski definition) is 2. The fourth-order valence-electron chi connectivity index (χ4n) is 1.45. The van der Waals surface area contributed by atoms with Gasteiger partial charge in [-0.1, -0.05) is 18.9 Å². The second-order valence-corrected chi connectivity index (χ2v) is 4.40. The van der Waals surface area contributed by atoms with E-state index in [4.69, 9.17) is 14.9 Å². The van der Waals surface area contributed by atoms with E-state index in [1.54, 1.807) is 6.08 Å². The van der Waals surface area contributed by atoms with Gasteiger partial charge in [0, 0.05) is 12.5 Å². The normalized spacial score (nSPS) is 12.3. The monoisotopic (exact) mass is 288 g/mol. The van der Waals surface area contributed by atoms with Crippen LogP contribution in [0.3, 0.4) is 0 Å². The second kappa shape index (κ2) is 12.6. The van der Waals surface area contributed by atoms with Crippen molar-refractivity contribution in [2.24, 2.45) is 0 Å². The molecule has 0 saturated carbocycles. The molecule has 0 spiro atoms. The molecule has 0 aromatic rings. The molecular formula is C14H24O6. The smallest absolute Gasteiger partial charge is 0.330 e. The molecule has 6 nitrogen and oxygen atoms in total. The first kappa shape index (κ1) is 18.6. The fourth-order valence-corrected chi connectivity index (χ4v) is 1.45. The Morgan fingerprint density at radius 1 is 1.20 bits per heavy atom. The lowest BCUT2D eigenvalue weighted by Crippen LogP contribution is -2.21. The third-order valence-electron chi connectivity index (χ3n) is 2.61. The number of rotatable bonds is 11. The molecule has 0 bridgehead atoms. The summed E-state index contributed by atoms with van der Waals surface area (Å²) in [7, 11) is 1.38. The predicted octanol–water partition coefficient (Wildman–Crippen LogP) is 0.953. The van der Waals surface area contributed by atoms with E-state index in [2.05, 4.69) is 4.74 Å². The number of aliphatic hydroxyl groups excluding tert-OH is 2. The van der Waals surface area contributed by atoms with Crippen LogP contribution in [0, 0.1) is 0 Å². The van der Waals surface area contributed by atoms with Crippen LogP contribution in [-0.4, -0.2) is 48.6 Å². The molecule has 1 atom stereocenters. The predicted molar refractivity (Wildman–Crippen MR) is 72.9 cm³/mol. The van der Waals surface area contributed by atoms with Gasteiger partial charge in [0.25, 0.3) is 0 Å². The Kier molecular flexibility index (Phi) is 11.7. The van der Waals surface area contributed by atoms with E-state index < -0.39 is 18.7 Å². The number of ether oxygens (including phenoxy) is 2. The topological polar surface area (TPSA) is 93.1 Å². The molecule has 0 amide bonds. The minimum Gasteiger partial charge on any atom is -0.469 e. The summed E-state index contributed by atoms with van der Waals surface area (Å²) >= 11 is 0. The maximum atomic E-state index is 11.2. The van der Waals surface area contributed by atoms with Crippen molar-refractivity contribution in [2.45, 2.75) is 44.6 Å². The van der Waals surface area contributed by atoms with Crippen molar-refractivity contribution >= 4 is 11.9 Å². The summed E-state index contributed by atoms with van der Waals surface area (Å²) in [5.74, 6) is -0.708. The number of unbranched alkanes of at least 4 members (excludes halogenated alkanes) is 4. The minimum atomic E-state index is -1.03. The van der Waals surface area contributed by atoms with Gasteiger partial charge in [-0.05, 0) is 19.3 Å². The van der Waals surface area contributed by atoms with Gasteiger partial charge < -0.3 is 19.7 Å². The molecular weight excluding hydrogens is 264 g/mol. The molecule has 0 saturated heterocycles. The largest absolute Gasteiger partial charge is 0.469 e. The Labute approximate surface area is 119 Å². The summed E-state index contributed by atoms with van der Waals surface area (Å²) < 4.78 is 9.23. The molecule has 0 aliphatic carbocycles. The van der Waals surface area contributed by atoms with E-state index in [1.807, 2.05) is 0 Å². The fraction of sp³-hybridized carbons (Fsp3) is 0.714. The Morgan fingerprint density at radius 3 is 2.55 bits per heavy atom. The minimum absolute atomic E-state index is 0.183. The molecule has 20 heavy (non-hydrogen) atoms. The Hall–Kier alpha value is -1.40. The van der Waals surface area contributed by atoms with Gasteiger partial charge >= 0.3 is 11.9 Å². The van der Waals surface area contributed by atoms with Crippen molar-refractivity contribution in [2.75, 3.05) is 20.3 Å². The molecule has 0 aliphatic rings. The van der Waals surface area contributed by atoms with Crippen molar-refractivity contribution in [3.8, 4) is 0 Å². The van der Waals surface area contributed by atoms with Crippen molar-refractivity contribution in [1.82, 2.24) is 0 Å². The van der Waals surface area contributed by atoms with Gasteiger partial charge in [-0.25, -0.2) is 4.79 Å². The zero-order valence-electron chi connectivity index (χ0n) is 11.9. The highest BCUT2D eigenvalue weighted by atomic mass is 16.5. The summed E-state index contributed by atoms with van der Waals surface area (Å²) in [4.78, 5) is 22.0. The first-order valence-corrected chi connectivity index (χ1v) is 6.79. The van der Waals surface area contributed by atoms with Gasteiger partial charge in [-0.15, -0.1) is 0 Å². The summed E-state index contributed by atoms with van der Waals surface area (Å²) in [6, 6.07) is 0. The number of allylic oxidation sites excluding steroid dienone is 1. The van der Waals surface area contributed by atoms with E-state index in [-0.39, 0.29) is 12.6 Å². The lowest BCUT2D eigenvalue weighted by Gasteiger charge is -2.05. The van der Waals surface area contributed by atoms with E-state index in [0.29, 0.717) is 6.42 Å². The van der Waals surface area contributed by atoms with Gasteiger partial charge in [-0.3, -0.25) is 4.79 Å². The lowest BCUT2D eigenvalue weighted by molar-refractivity contribution is -0.142. The standard InChI is InChI=1S/C14H24O6/c1-19-13(17)8-6-4-2-3-5-7-9-14(18)20-11-12(16)10-15/h7,9,12,15-16H,2-6,8,10-11H2,1H3. The first-order valence-electron chi connectivity index (χ1n) is 6.79. The molecule has 116 valence electrons. The Balaban J connectivity index is 3.43. The first-order chi connectivity index (χ1) is 9.60. The number of hydrogen-bond acceptors (Lipinski definition) is 6. The van der Waals surface area contributed by atoms with Crippen molar-refractivity contribution in [3.63, 3.8) is 0 Å². The quantitative estimate of drug-likeness (QED) is 0.334. The van der Waals surface area contributed by atoms with E-state index in [0.717, 1.165) is 32.1 Å². The summed E-state index contributed by atoms with van der Waals surface area (Å²) in [5.41, 5.74) is 0. The highest BCUT2D eigenvalue weighted by Gasteiger charge is 2.04. The van der Waals surface area contributed by atoms with Crippen LogP contribution in [0.1, 0.15) is 38.5 Å². The van der Waals surface area contributed by atoms with Gasteiger partial charge in [0.05, 0.1) is 13.7 Å². The summed E-state index contributed by atoms with van der Waals surface area (Å²) in [6.45, 7) is -0.629.